The molecule has 0 saturated heterocycles. The maximum atomic E-state index is 8.12. The van der Waals surface area contributed by atoms with E-state index in [4.69, 9.17) is 9.84 Å². The summed E-state index contributed by atoms with van der Waals surface area (Å²) < 4.78 is 5.13. The molecule has 0 aliphatic rings. The minimum Gasteiger partial charge on any atom is -0.462 e. The van der Waals surface area contributed by atoms with Crippen molar-refractivity contribution in [3.05, 3.63) is 35.9 Å². The van der Waals surface area contributed by atoms with Gasteiger partial charge in [-0.15, -0.1) is 0 Å². The van der Waals surface area contributed by atoms with Crippen LogP contribution in [0.2, 0.25) is 0 Å². The minimum atomic E-state index is 0.269. The molecule has 0 saturated carbocycles. The molecule has 2 heteroatoms. The Kier molecular flexibility index (Phi) is 3.76. The average Bonchev–Trinajstić information content (AvgIpc) is 2.14. The molecular formula is C10H10O2. The number of hydrogen-bond acceptors (Lipinski definition) is 2. The summed E-state index contributed by atoms with van der Waals surface area (Å²) in [6, 6.07) is 9.82. The molecule has 1 aromatic rings. The van der Waals surface area contributed by atoms with Crippen molar-refractivity contribution in [2.75, 3.05) is 6.61 Å². The Labute approximate surface area is 71.8 Å². The standard InChI is InChI=1S/C10H10O2/c11-7-4-8-12-9-10-5-2-1-3-6-10/h1-3,5-6,11H,8-9H2. The molecule has 0 heterocycles. The number of rotatable bonds is 3. The summed E-state index contributed by atoms with van der Waals surface area (Å²) in [4.78, 5) is 0. The van der Waals surface area contributed by atoms with E-state index in [9.17, 15) is 0 Å². The fourth-order valence-electron chi connectivity index (χ4n) is 0.826. The number of ether oxygens (including phenoxy) is 1. The van der Waals surface area contributed by atoms with Crippen LogP contribution in [0.4, 0.5) is 0 Å². The zero-order valence-corrected chi connectivity index (χ0v) is 6.66. The predicted octanol–water partition coefficient (Wildman–Crippen LogP) is 1.54. The second kappa shape index (κ2) is 5.22. The topological polar surface area (TPSA) is 29.5 Å². The lowest BCUT2D eigenvalue weighted by Gasteiger charge is -1.98. The molecule has 1 aromatic carbocycles. The highest BCUT2D eigenvalue weighted by Gasteiger charge is 1.88. The van der Waals surface area contributed by atoms with Crippen LogP contribution >= 0.6 is 0 Å². The number of aliphatic hydroxyl groups excluding tert-OH is 1. The quantitative estimate of drug-likeness (QED) is 0.539. The summed E-state index contributed by atoms with van der Waals surface area (Å²) in [5.74, 6) is 2.40. The van der Waals surface area contributed by atoms with Gasteiger partial charge in [-0.3, -0.25) is 0 Å². The van der Waals surface area contributed by atoms with E-state index in [1.807, 2.05) is 30.3 Å². The molecule has 0 amide bonds. The SMILES string of the molecule is OC#CCOCc1ccccc1. The normalized spacial score (nSPS) is 8.67. The van der Waals surface area contributed by atoms with Gasteiger partial charge in [0, 0.05) is 0 Å². The number of aliphatic hydroxyl groups is 1. The van der Waals surface area contributed by atoms with Crippen LogP contribution in [-0.4, -0.2) is 11.7 Å². The summed E-state index contributed by atoms with van der Waals surface area (Å²) in [7, 11) is 0. The highest BCUT2D eigenvalue weighted by Crippen LogP contribution is 1.99. The van der Waals surface area contributed by atoms with Crippen molar-refractivity contribution in [2.24, 2.45) is 0 Å². The van der Waals surface area contributed by atoms with Crippen LogP contribution in [0.25, 0.3) is 0 Å². The van der Waals surface area contributed by atoms with Gasteiger partial charge in [-0.2, -0.15) is 0 Å². The highest BCUT2D eigenvalue weighted by molar-refractivity contribution is 5.13. The van der Waals surface area contributed by atoms with E-state index in [2.05, 4.69) is 5.92 Å². The molecule has 0 atom stereocenters. The molecule has 12 heavy (non-hydrogen) atoms. The van der Waals surface area contributed by atoms with Gasteiger partial charge in [0.25, 0.3) is 0 Å². The molecule has 2 nitrogen and oxygen atoms in total. The van der Waals surface area contributed by atoms with E-state index in [0.29, 0.717) is 6.61 Å². The summed E-state index contributed by atoms with van der Waals surface area (Å²) >= 11 is 0. The van der Waals surface area contributed by atoms with E-state index in [0.717, 1.165) is 5.56 Å². The first-order valence-corrected chi connectivity index (χ1v) is 3.67. The second-order valence-electron chi connectivity index (χ2n) is 2.27. The Morgan fingerprint density at radius 2 is 2.00 bits per heavy atom. The van der Waals surface area contributed by atoms with E-state index in [-0.39, 0.29) is 6.61 Å². The Bertz CT molecular complexity index is 269. The first-order chi connectivity index (χ1) is 5.93. The monoisotopic (exact) mass is 162 g/mol. The van der Waals surface area contributed by atoms with Gasteiger partial charge in [-0.25, -0.2) is 0 Å². The van der Waals surface area contributed by atoms with Gasteiger partial charge >= 0.3 is 0 Å². The Hall–Kier alpha value is -1.46. The number of benzene rings is 1. The summed E-state index contributed by atoms with van der Waals surface area (Å²) in [6.45, 7) is 0.806. The van der Waals surface area contributed by atoms with E-state index in [1.165, 1.54) is 0 Å². The lowest BCUT2D eigenvalue weighted by atomic mass is 10.2. The van der Waals surface area contributed by atoms with Crippen molar-refractivity contribution >= 4 is 0 Å². The molecule has 1 N–H and O–H groups in total. The molecule has 0 spiro atoms. The first kappa shape index (κ1) is 8.63. The van der Waals surface area contributed by atoms with Crippen LogP contribution in [0.3, 0.4) is 0 Å². The van der Waals surface area contributed by atoms with Crippen molar-refractivity contribution in [3.8, 4) is 12.0 Å². The van der Waals surface area contributed by atoms with Gasteiger partial charge in [0.1, 0.15) is 12.7 Å². The Morgan fingerprint density at radius 3 is 2.67 bits per heavy atom. The van der Waals surface area contributed by atoms with Gasteiger partial charge in [0.05, 0.1) is 6.61 Å². The van der Waals surface area contributed by atoms with Crippen molar-refractivity contribution < 1.29 is 9.84 Å². The molecule has 0 aliphatic carbocycles. The number of hydrogen-bond donors (Lipinski definition) is 1. The van der Waals surface area contributed by atoms with Crippen molar-refractivity contribution in [3.63, 3.8) is 0 Å². The maximum Gasteiger partial charge on any atom is 0.111 e. The summed E-state index contributed by atoms with van der Waals surface area (Å²) in [5.41, 5.74) is 1.11. The maximum absolute atomic E-state index is 8.12. The zero-order chi connectivity index (χ0) is 8.65. The molecule has 0 radical (unpaired) electrons. The Balaban J connectivity index is 2.27. The fraction of sp³-hybridized carbons (Fsp3) is 0.200. The van der Waals surface area contributed by atoms with Crippen molar-refractivity contribution in [1.82, 2.24) is 0 Å². The summed E-state index contributed by atoms with van der Waals surface area (Å²) in [5, 5.41) is 8.12. The minimum absolute atomic E-state index is 0.269. The third kappa shape index (κ3) is 3.09. The molecule has 0 fully saturated rings. The van der Waals surface area contributed by atoms with Crippen LogP contribution in [0.15, 0.2) is 30.3 Å². The highest BCUT2D eigenvalue weighted by atomic mass is 16.5. The van der Waals surface area contributed by atoms with Gasteiger partial charge < -0.3 is 9.84 Å². The fourth-order valence-corrected chi connectivity index (χ4v) is 0.826. The van der Waals surface area contributed by atoms with Crippen LogP contribution in [0.5, 0.6) is 0 Å². The zero-order valence-electron chi connectivity index (χ0n) is 6.66. The van der Waals surface area contributed by atoms with Crippen LogP contribution in [0.1, 0.15) is 5.56 Å². The van der Waals surface area contributed by atoms with E-state index in [1.54, 1.807) is 6.11 Å². The predicted molar refractivity (Wildman–Crippen MR) is 45.8 cm³/mol. The first-order valence-electron chi connectivity index (χ1n) is 3.67. The van der Waals surface area contributed by atoms with Crippen LogP contribution in [0, 0.1) is 12.0 Å². The summed E-state index contributed by atoms with van der Waals surface area (Å²) in [6.07, 6.45) is 1.78. The van der Waals surface area contributed by atoms with Gasteiger partial charge in [0.15, 0.2) is 0 Å². The second-order valence-corrected chi connectivity index (χ2v) is 2.27. The molecule has 0 bridgehead atoms. The molecule has 0 unspecified atom stereocenters. The lowest BCUT2D eigenvalue weighted by Crippen LogP contribution is -1.92. The van der Waals surface area contributed by atoms with Crippen LogP contribution in [-0.2, 0) is 11.3 Å². The van der Waals surface area contributed by atoms with Gasteiger partial charge in [0.2, 0.25) is 0 Å². The van der Waals surface area contributed by atoms with Gasteiger partial charge in [-0.05, 0) is 11.5 Å². The van der Waals surface area contributed by atoms with E-state index >= 15 is 0 Å². The van der Waals surface area contributed by atoms with Crippen LogP contribution < -0.4 is 0 Å². The molecule has 62 valence electrons. The third-order valence-electron chi connectivity index (χ3n) is 1.36. The lowest BCUT2D eigenvalue weighted by molar-refractivity contribution is 0.153. The molecule has 0 aliphatic heterocycles. The van der Waals surface area contributed by atoms with Gasteiger partial charge in [-0.1, -0.05) is 30.3 Å². The molecular weight excluding hydrogens is 152 g/mol. The van der Waals surface area contributed by atoms with E-state index < -0.39 is 0 Å². The Morgan fingerprint density at radius 1 is 1.25 bits per heavy atom. The largest absolute Gasteiger partial charge is 0.462 e. The molecule has 1 rings (SSSR count). The average molecular weight is 162 g/mol. The molecule has 0 aromatic heterocycles. The van der Waals surface area contributed by atoms with Crippen molar-refractivity contribution in [1.29, 1.82) is 0 Å². The van der Waals surface area contributed by atoms with Crippen molar-refractivity contribution in [2.45, 2.75) is 6.61 Å². The third-order valence-corrected chi connectivity index (χ3v) is 1.36. The smallest absolute Gasteiger partial charge is 0.111 e.